The maximum atomic E-state index is 12.0. The van der Waals surface area contributed by atoms with Crippen molar-refractivity contribution in [2.24, 2.45) is 0 Å². The van der Waals surface area contributed by atoms with E-state index in [2.05, 4.69) is 4.98 Å². The fourth-order valence-corrected chi connectivity index (χ4v) is 3.85. The molecule has 0 aliphatic carbocycles. The van der Waals surface area contributed by atoms with Crippen molar-refractivity contribution in [3.8, 4) is 0 Å². The quantitative estimate of drug-likeness (QED) is 0.784. The van der Waals surface area contributed by atoms with Crippen LogP contribution in [0, 0.1) is 6.92 Å². The molecule has 1 aromatic heterocycles. The number of benzene rings is 1. The molecule has 0 saturated carbocycles. The average molecular weight is 338 g/mol. The Morgan fingerprint density at radius 3 is 2.55 bits per heavy atom. The van der Waals surface area contributed by atoms with Crippen molar-refractivity contribution < 1.29 is 13.2 Å². The summed E-state index contributed by atoms with van der Waals surface area (Å²) in [5.41, 5.74) is 1.95. The maximum Gasteiger partial charge on any atom is 0.177 e. The molecule has 0 radical (unpaired) electrons. The number of sulfone groups is 1. The first-order chi connectivity index (χ1) is 10.2. The van der Waals surface area contributed by atoms with Crippen LogP contribution in [0.1, 0.15) is 28.0 Å². The van der Waals surface area contributed by atoms with Gasteiger partial charge in [0.1, 0.15) is 5.01 Å². The first-order valence-electron chi connectivity index (χ1n) is 6.65. The van der Waals surface area contributed by atoms with Crippen LogP contribution in [0.15, 0.2) is 28.5 Å². The van der Waals surface area contributed by atoms with E-state index in [4.69, 9.17) is 0 Å². The van der Waals surface area contributed by atoms with E-state index in [1.54, 1.807) is 24.1 Å². The Hall–Kier alpha value is -1.73. The summed E-state index contributed by atoms with van der Waals surface area (Å²) in [6.07, 6.45) is 1.17. The Morgan fingerprint density at radius 2 is 2.05 bits per heavy atom. The zero-order valence-electron chi connectivity index (χ0n) is 13.0. The molecular weight excluding hydrogens is 320 g/mol. The van der Waals surface area contributed by atoms with Crippen LogP contribution in [0.4, 0.5) is 5.69 Å². The number of ketones is 1. The molecule has 7 heteroatoms. The second kappa shape index (κ2) is 6.18. The van der Waals surface area contributed by atoms with Gasteiger partial charge < -0.3 is 4.90 Å². The molecule has 118 valence electrons. The van der Waals surface area contributed by atoms with Crippen LogP contribution in [0.2, 0.25) is 0 Å². The fourth-order valence-electron chi connectivity index (χ4n) is 2.11. The van der Waals surface area contributed by atoms with Gasteiger partial charge >= 0.3 is 0 Å². The normalized spacial score (nSPS) is 11.5. The van der Waals surface area contributed by atoms with Crippen LogP contribution in [0.5, 0.6) is 0 Å². The van der Waals surface area contributed by atoms with Crippen molar-refractivity contribution in [3.63, 3.8) is 0 Å². The van der Waals surface area contributed by atoms with Gasteiger partial charge in [-0.2, -0.15) is 0 Å². The number of thiazole rings is 1. The zero-order chi connectivity index (χ0) is 16.5. The standard InChI is InChI=1S/C15H18N2O3S2/c1-10-9-21-15(16-10)8-17(3)13-7-12(11(2)18)5-6-14(13)22(4,19)20/h5-7,9H,8H2,1-4H3. The van der Waals surface area contributed by atoms with Gasteiger partial charge in [0.05, 0.1) is 17.1 Å². The number of Topliss-reactive ketones (excluding diaryl/α,β-unsaturated/α-hetero) is 1. The largest absolute Gasteiger partial charge is 0.367 e. The monoisotopic (exact) mass is 338 g/mol. The SMILES string of the molecule is CC(=O)c1ccc(S(C)(=O)=O)c(N(C)Cc2nc(C)cs2)c1. The van der Waals surface area contributed by atoms with E-state index >= 15 is 0 Å². The Morgan fingerprint density at radius 1 is 1.36 bits per heavy atom. The molecule has 5 nitrogen and oxygen atoms in total. The number of hydrogen-bond donors (Lipinski definition) is 0. The van der Waals surface area contributed by atoms with E-state index in [1.165, 1.54) is 30.6 Å². The third-order valence-corrected chi connectivity index (χ3v) is 5.31. The molecule has 0 saturated heterocycles. The lowest BCUT2D eigenvalue weighted by Gasteiger charge is -2.21. The van der Waals surface area contributed by atoms with Gasteiger partial charge in [0, 0.05) is 29.9 Å². The number of hydrogen-bond acceptors (Lipinski definition) is 6. The molecule has 0 aliphatic rings. The maximum absolute atomic E-state index is 12.0. The second-order valence-corrected chi connectivity index (χ2v) is 8.18. The minimum atomic E-state index is -3.38. The lowest BCUT2D eigenvalue weighted by Crippen LogP contribution is -2.19. The molecule has 0 aliphatic heterocycles. The first kappa shape index (κ1) is 16.6. The minimum Gasteiger partial charge on any atom is -0.367 e. The predicted molar refractivity (Wildman–Crippen MR) is 88.5 cm³/mol. The molecule has 2 rings (SSSR count). The number of carbonyl (C=O) groups excluding carboxylic acids is 1. The Kier molecular flexibility index (Phi) is 4.67. The smallest absolute Gasteiger partial charge is 0.177 e. The topological polar surface area (TPSA) is 67.3 Å². The van der Waals surface area contributed by atoms with Crippen LogP contribution < -0.4 is 4.90 Å². The molecule has 0 spiro atoms. The van der Waals surface area contributed by atoms with E-state index in [1.807, 2.05) is 12.3 Å². The van der Waals surface area contributed by atoms with Crippen molar-refractivity contribution in [1.82, 2.24) is 4.98 Å². The highest BCUT2D eigenvalue weighted by Crippen LogP contribution is 2.27. The molecule has 0 atom stereocenters. The van der Waals surface area contributed by atoms with Crippen LogP contribution in [-0.2, 0) is 16.4 Å². The predicted octanol–water partition coefficient (Wildman–Crippen LogP) is 2.69. The zero-order valence-corrected chi connectivity index (χ0v) is 14.6. The summed E-state index contributed by atoms with van der Waals surface area (Å²) in [5, 5.41) is 2.85. The van der Waals surface area contributed by atoms with Gasteiger partial charge in [-0.15, -0.1) is 11.3 Å². The summed E-state index contributed by atoms with van der Waals surface area (Å²) in [6, 6.07) is 4.66. The highest BCUT2D eigenvalue weighted by molar-refractivity contribution is 7.90. The van der Waals surface area contributed by atoms with Gasteiger partial charge in [0.25, 0.3) is 0 Å². The summed E-state index contributed by atoms with van der Waals surface area (Å²) in [5.74, 6) is -0.0974. The highest BCUT2D eigenvalue weighted by Gasteiger charge is 2.18. The van der Waals surface area contributed by atoms with Crippen LogP contribution in [-0.4, -0.2) is 32.5 Å². The van der Waals surface area contributed by atoms with Crippen molar-refractivity contribution in [2.45, 2.75) is 25.3 Å². The van der Waals surface area contributed by atoms with Gasteiger partial charge in [-0.1, -0.05) is 0 Å². The second-order valence-electron chi connectivity index (χ2n) is 5.25. The van der Waals surface area contributed by atoms with Gasteiger partial charge in [-0.3, -0.25) is 4.79 Å². The number of anilines is 1. The van der Waals surface area contributed by atoms with E-state index in [0.29, 0.717) is 17.8 Å². The Labute approximate surface area is 134 Å². The van der Waals surface area contributed by atoms with Gasteiger partial charge in [0.15, 0.2) is 15.6 Å². The number of nitrogens with zero attached hydrogens (tertiary/aromatic N) is 2. The van der Waals surface area contributed by atoms with E-state index in [-0.39, 0.29) is 10.7 Å². The molecule has 0 amide bonds. The van der Waals surface area contributed by atoms with Crippen molar-refractivity contribution in [3.05, 3.63) is 39.8 Å². The van der Waals surface area contributed by atoms with Crippen LogP contribution in [0.25, 0.3) is 0 Å². The Balaban J connectivity index is 2.45. The third kappa shape index (κ3) is 3.72. The molecule has 0 N–H and O–H groups in total. The van der Waals surface area contributed by atoms with Crippen molar-refractivity contribution >= 4 is 32.6 Å². The first-order valence-corrected chi connectivity index (χ1v) is 9.43. The number of aromatic nitrogens is 1. The molecule has 2 aromatic rings. The Bertz CT molecular complexity index is 810. The molecule has 22 heavy (non-hydrogen) atoms. The summed E-state index contributed by atoms with van der Waals surface area (Å²) < 4.78 is 23.9. The third-order valence-electron chi connectivity index (χ3n) is 3.22. The van der Waals surface area contributed by atoms with Crippen LogP contribution >= 0.6 is 11.3 Å². The molecule has 0 unspecified atom stereocenters. The summed E-state index contributed by atoms with van der Waals surface area (Å²) in [7, 11) is -1.58. The van der Waals surface area contributed by atoms with Gasteiger partial charge in [0.2, 0.25) is 0 Å². The lowest BCUT2D eigenvalue weighted by molar-refractivity contribution is 0.101. The van der Waals surface area contributed by atoms with Crippen molar-refractivity contribution in [2.75, 3.05) is 18.2 Å². The fraction of sp³-hybridized carbons (Fsp3) is 0.333. The lowest BCUT2D eigenvalue weighted by atomic mass is 10.1. The molecule has 0 bridgehead atoms. The van der Waals surface area contributed by atoms with Gasteiger partial charge in [-0.25, -0.2) is 13.4 Å². The molecule has 1 aromatic carbocycles. The van der Waals surface area contributed by atoms with Crippen LogP contribution in [0.3, 0.4) is 0 Å². The van der Waals surface area contributed by atoms with E-state index in [0.717, 1.165) is 10.7 Å². The molecule has 0 fully saturated rings. The molecular formula is C15H18N2O3S2. The van der Waals surface area contributed by atoms with E-state index in [9.17, 15) is 13.2 Å². The van der Waals surface area contributed by atoms with E-state index < -0.39 is 9.84 Å². The minimum absolute atomic E-state index is 0.0974. The van der Waals surface area contributed by atoms with Crippen molar-refractivity contribution in [1.29, 1.82) is 0 Å². The molecule has 1 heterocycles. The number of aryl methyl sites for hydroxylation is 1. The summed E-state index contributed by atoms with van der Waals surface area (Å²) in [4.78, 5) is 18.0. The number of carbonyl (C=O) groups is 1. The summed E-state index contributed by atoms with van der Waals surface area (Å²) >= 11 is 1.53. The average Bonchev–Trinajstić information content (AvgIpc) is 2.82. The van der Waals surface area contributed by atoms with Gasteiger partial charge in [-0.05, 0) is 32.0 Å². The summed E-state index contributed by atoms with van der Waals surface area (Å²) in [6.45, 7) is 3.87. The number of rotatable bonds is 5. The highest BCUT2D eigenvalue weighted by atomic mass is 32.2.